The Balaban J connectivity index is 1.31. The van der Waals surface area contributed by atoms with Crippen LogP contribution in [0.1, 0.15) is 22.3 Å². The number of nitro groups is 2. The summed E-state index contributed by atoms with van der Waals surface area (Å²) in [6, 6.07) is 16.0. The molecule has 0 aliphatic carbocycles. The lowest BCUT2D eigenvalue weighted by atomic mass is 10.1. The number of non-ortho nitro benzene ring substituents is 1. The average Bonchev–Trinajstić information content (AvgIpc) is 3.29. The van der Waals surface area contributed by atoms with Gasteiger partial charge in [0.05, 0.1) is 21.5 Å². The summed E-state index contributed by atoms with van der Waals surface area (Å²) >= 11 is 0. The van der Waals surface area contributed by atoms with Crippen LogP contribution >= 0.6 is 0 Å². The number of carbonyl (C=O) groups excluding carboxylic acids is 3. The quantitative estimate of drug-likeness (QED) is 0.173. The summed E-state index contributed by atoms with van der Waals surface area (Å²) in [5.41, 5.74) is 0.836. The molecule has 0 spiro atoms. The largest absolute Gasteiger partial charge is 0.457 e. The number of nitrogens with zero attached hydrogens (tertiary/aromatic N) is 3. The van der Waals surface area contributed by atoms with E-state index < -0.39 is 34.1 Å². The number of esters is 1. The Bertz CT molecular complexity index is 1420. The number of ether oxygens (including phenoxy) is 2. The van der Waals surface area contributed by atoms with Crippen LogP contribution in [0.5, 0.6) is 11.5 Å². The third-order valence-corrected chi connectivity index (χ3v) is 5.96. The van der Waals surface area contributed by atoms with Crippen molar-refractivity contribution in [1.82, 2.24) is 0 Å². The van der Waals surface area contributed by atoms with Crippen LogP contribution in [0.4, 0.5) is 17.1 Å². The van der Waals surface area contributed by atoms with E-state index in [9.17, 15) is 34.6 Å². The number of carbonyl (C=O) groups is 3. The average molecular weight is 519 g/mol. The number of hydrogen-bond acceptors (Lipinski definition) is 9. The fraction of sp³-hybridized carbons (Fsp3) is 0.192. The molecular weight excluding hydrogens is 498 g/mol. The summed E-state index contributed by atoms with van der Waals surface area (Å²) in [7, 11) is 0. The van der Waals surface area contributed by atoms with Crippen molar-refractivity contribution < 1.29 is 33.7 Å². The van der Waals surface area contributed by atoms with Crippen LogP contribution in [0.25, 0.3) is 0 Å². The van der Waals surface area contributed by atoms with Gasteiger partial charge in [0, 0.05) is 42.3 Å². The molecule has 1 heterocycles. The van der Waals surface area contributed by atoms with Gasteiger partial charge in [-0.25, -0.2) is 0 Å². The zero-order chi connectivity index (χ0) is 27.4. The summed E-state index contributed by atoms with van der Waals surface area (Å²) in [5.74, 6) is -1.59. The van der Waals surface area contributed by atoms with Crippen molar-refractivity contribution >= 4 is 34.7 Å². The molecule has 1 fully saturated rings. The van der Waals surface area contributed by atoms with Gasteiger partial charge in [-0.05, 0) is 49.4 Å². The minimum atomic E-state index is -0.812. The number of anilines is 1. The molecule has 0 N–H and O–H groups in total. The molecule has 1 amide bonds. The first kappa shape index (κ1) is 25.9. The molecule has 0 radical (unpaired) electrons. The van der Waals surface area contributed by atoms with Gasteiger partial charge in [-0.15, -0.1) is 0 Å². The van der Waals surface area contributed by atoms with E-state index in [0.717, 1.165) is 0 Å². The lowest BCUT2D eigenvalue weighted by Crippen LogP contribution is -2.27. The molecule has 1 atom stereocenters. The maximum atomic E-state index is 12.5. The van der Waals surface area contributed by atoms with Crippen LogP contribution in [0.2, 0.25) is 0 Å². The summed E-state index contributed by atoms with van der Waals surface area (Å²) < 4.78 is 10.8. The molecule has 3 aromatic carbocycles. The topological polar surface area (TPSA) is 159 Å². The molecule has 1 aliphatic heterocycles. The Morgan fingerprint density at radius 3 is 2.18 bits per heavy atom. The molecule has 0 bridgehead atoms. The highest BCUT2D eigenvalue weighted by Crippen LogP contribution is 2.30. The maximum absolute atomic E-state index is 12.5. The zero-order valence-electron chi connectivity index (χ0n) is 20.1. The van der Waals surface area contributed by atoms with E-state index in [4.69, 9.17) is 9.47 Å². The van der Waals surface area contributed by atoms with Crippen LogP contribution < -0.4 is 9.64 Å². The van der Waals surface area contributed by atoms with Crippen molar-refractivity contribution in [2.75, 3.05) is 18.1 Å². The van der Waals surface area contributed by atoms with Crippen molar-refractivity contribution in [2.45, 2.75) is 13.3 Å². The molecule has 0 unspecified atom stereocenters. The number of rotatable bonds is 9. The van der Waals surface area contributed by atoms with E-state index in [2.05, 4.69) is 0 Å². The van der Waals surface area contributed by atoms with Crippen LogP contribution in [0, 0.1) is 33.1 Å². The second-order valence-electron chi connectivity index (χ2n) is 8.54. The van der Waals surface area contributed by atoms with E-state index in [1.165, 1.54) is 65.6 Å². The van der Waals surface area contributed by atoms with Gasteiger partial charge in [-0.3, -0.25) is 34.6 Å². The van der Waals surface area contributed by atoms with E-state index in [-0.39, 0.29) is 35.8 Å². The molecule has 4 rings (SSSR count). The first-order valence-corrected chi connectivity index (χ1v) is 11.4. The van der Waals surface area contributed by atoms with E-state index in [0.29, 0.717) is 22.7 Å². The van der Waals surface area contributed by atoms with E-state index >= 15 is 0 Å². The standard InChI is InChI=1S/C26H21N3O9/c1-16-2-5-20(13-23(16)29(35)36)27-14-18(12-25(27)31)26(32)37-15-24(30)17-3-8-21(9-4-17)38-22-10-6-19(7-11-22)28(33)34/h2-11,13,18H,12,14-15H2,1H3/t18-/m1/s1. The fourth-order valence-corrected chi connectivity index (χ4v) is 3.90. The smallest absolute Gasteiger partial charge is 0.311 e. The number of hydrogen-bond donors (Lipinski definition) is 0. The third kappa shape index (κ3) is 5.81. The van der Waals surface area contributed by atoms with Crippen molar-refractivity contribution in [3.8, 4) is 11.5 Å². The maximum Gasteiger partial charge on any atom is 0.311 e. The Labute approximate surface area is 215 Å². The number of ketones is 1. The third-order valence-electron chi connectivity index (χ3n) is 5.96. The molecule has 3 aromatic rings. The normalized spacial score (nSPS) is 14.7. The van der Waals surface area contributed by atoms with Gasteiger partial charge < -0.3 is 14.4 Å². The van der Waals surface area contributed by atoms with Crippen LogP contribution in [-0.2, 0) is 14.3 Å². The van der Waals surface area contributed by atoms with E-state index in [1.54, 1.807) is 13.0 Å². The minimum Gasteiger partial charge on any atom is -0.457 e. The van der Waals surface area contributed by atoms with Crippen molar-refractivity contribution in [1.29, 1.82) is 0 Å². The van der Waals surface area contributed by atoms with Gasteiger partial charge in [0.2, 0.25) is 5.91 Å². The summed E-state index contributed by atoms with van der Waals surface area (Å²) in [6.45, 7) is 1.05. The molecule has 1 saturated heterocycles. The number of aryl methyl sites for hydroxylation is 1. The molecule has 194 valence electrons. The fourth-order valence-electron chi connectivity index (χ4n) is 3.90. The highest BCUT2D eigenvalue weighted by Gasteiger charge is 2.37. The lowest BCUT2D eigenvalue weighted by Gasteiger charge is -2.16. The number of nitro benzene ring substituents is 2. The molecule has 38 heavy (non-hydrogen) atoms. The first-order chi connectivity index (χ1) is 18.1. The van der Waals surface area contributed by atoms with Crippen molar-refractivity contribution in [3.63, 3.8) is 0 Å². The number of Topliss-reactive ketones (excluding diaryl/α,β-unsaturated/α-hetero) is 1. The number of benzene rings is 3. The van der Waals surface area contributed by atoms with Gasteiger partial charge in [0.25, 0.3) is 11.4 Å². The Hall–Kier alpha value is -5.13. The molecule has 1 aliphatic rings. The second-order valence-corrected chi connectivity index (χ2v) is 8.54. The lowest BCUT2D eigenvalue weighted by molar-refractivity contribution is -0.385. The summed E-state index contributed by atoms with van der Waals surface area (Å²) in [6.07, 6.45) is -0.136. The van der Waals surface area contributed by atoms with Gasteiger partial charge in [-0.2, -0.15) is 0 Å². The van der Waals surface area contributed by atoms with E-state index in [1.807, 2.05) is 0 Å². The molecule has 12 nitrogen and oxygen atoms in total. The van der Waals surface area contributed by atoms with Gasteiger partial charge >= 0.3 is 5.97 Å². The Morgan fingerprint density at radius 2 is 1.58 bits per heavy atom. The monoisotopic (exact) mass is 519 g/mol. The second kappa shape index (κ2) is 10.9. The predicted octanol–water partition coefficient (Wildman–Crippen LogP) is 4.38. The summed E-state index contributed by atoms with van der Waals surface area (Å²) in [4.78, 5) is 59.7. The first-order valence-electron chi connectivity index (χ1n) is 11.4. The molecule has 12 heteroatoms. The Kier molecular flexibility index (Phi) is 7.42. The van der Waals surface area contributed by atoms with Crippen molar-refractivity contribution in [2.24, 2.45) is 5.92 Å². The van der Waals surface area contributed by atoms with Crippen LogP contribution in [-0.4, -0.2) is 40.7 Å². The minimum absolute atomic E-state index is 0.0131. The van der Waals surface area contributed by atoms with Crippen molar-refractivity contribution in [3.05, 3.63) is 98.1 Å². The summed E-state index contributed by atoms with van der Waals surface area (Å²) in [5, 5.41) is 21.9. The molecule has 0 aromatic heterocycles. The molecule has 0 saturated carbocycles. The number of amides is 1. The zero-order valence-corrected chi connectivity index (χ0v) is 20.1. The Morgan fingerprint density at radius 1 is 0.947 bits per heavy atom. The highest BCUT2D eigenvalue weighted by molar-refractivity contribution is 6.01. The predicted molar refractivity (Wildman–Crippen MR) is 133 cm³/mol. The van der Waals surface area contributed by atoms with Crippen LogP contribution in [0.3, 0.4) is 0 Å². The highest BCUT2D eigenvalue weighted by atomic mass is 16.6. The van der Waals surface area contributed by atoms with Gasteiger partial charge in [0.1, 0.15) is 11.5 Å². The SMILES string of the molecule is Cc1ccc(N2C[C@H](C(=O)OCC(=O)c3ccc(Oc4ccc([N+](=O)[O-])cc4)cc3)CC2=O)cc1[N+](=O)[O-]. The van der Waals surface area contributed by atoms with Crippen LogP contribution in [0.15, 0.2) is 66.7 Å². The molecular formula is C26H21N3O9. The van der Waals surface area contributed by atoms with Gasteiger partial charge in [0.15, 0.2) is 12.4 Å². The van der Waals surface area contributed by atoms with Gasteiger partial charge in [-0.1, -0.05) is 6.07 Å².